The Morgan fingerprint density at radius 2 is 2.00 bits per heavy atom. The number of rotatable bonds is 3. The molecule has 0 aromatic heterocycles. The van der Waals surface area contributed by atoms with Crippen LogP contribution in [0.25, 0.3) is 0 Å². The van der Waals surface area contributed by atoms with Crippen molar-refractivity contribution in [1.29, 1.82) is 0 Å². The van der Waals surface area contributed by atoms with Crippen molar-refractivity contribution in [3.8, 4) is 11.5 Å². The average Bonchev–Trinajstić information content (AvgIpc) is 2.90. The Morgan fingerprint density at radius 3 is 2.70 bits per heavy atom. The number of fused-ring (bicyclic) bond motifs is 1. The number of aliphatic hydroxyl groups excluding tert-OH is 1. The second-order valence-corrected chi connectivity index (χ2v) is 8.94. The molecule has 2 unspecified atom stereocenters. The van der Waals surface area contributed by atoms with Gasteiger partial charge in [-0.25, -0.2) is 4.79 Å². The first-order chi connectivity index (χ1) is 14.1. The van der Waals surface area contributed by atoms with Crippen LogP contribution < -0.4 is 14.8 Å². The Balaban J connectivity index is 1.58. The maximum atomic E-state index is 12.8. The smallest absolute Gasteiger partial charge is 0.410 e. The zero-order valence-electron chi connectivity index (χ0n) is 18.2. The van der Waals surface area contributed by atoms with Gasteiger partial charge in [0.15, 0.2) is 11.5 Å². The summed E-state index contributed by atoms with van der Waals surface area (Å²) in [6.45, 7) is 9.36. The van der Waals surface area contributed by atoms with Crippen molar-refractivity contribution in [2.24, 2.45) is 5.92 Å². The minimum atomic E-state index is -0.735. The molecule has 1 saturated heterocycles. The number of likely N-dealkylation sites (tertiary alicyclic amines) is 1. The highest BCUT2D eigenvalue weighted by atomic mass is 16.6. The third-order valence-corrected chi connectivity index (χ3v) is 5.13. The summed E-state index contributed by atoms with van der Waals surface area (Å²) in [5, 5.41) is 13.4. The molecule has 2 heterocycles. The zero-order chi connectivity index (χ0) is 21.9. The van der Waals surface area contributed by atoms with Crippen molar-refractivity contribution >= 4 is 12.0 Å². The van der Waals surface area contributed by atoms with Gasteiger partial charge in [0.1, 0.15) is 5.60 Å². The van der Waals surface area contributed by atoms with Crippen LogP contribution in [-0.4, -0.2) is 66.6 Å². The Bertz CT molecular complexity index is 789. The van der Waals surface area contributed by atoms with Gasteiger partial charge in [0, 0.05) is 25.4 Å². The molecule has 1 aromatic rings. The molecule has 2 aliphatic heterocycles. The third kappa shape index (κ3) is 5.56. The first-order valence-electron chi connectivity index (χ1n) is 10.5. The monoisotopic (exact) mass is 420 g/mol. The molecule has 1 fully saturated rings. The molecule has 0 bridgehead atoms. The summed E-state index contributed by atoms with van der Waals surface area (Å²) in [6.07, 6.45) is 0.174. The van der Waals surface area contributed by atoms with E-state index in [2.05, 4.69) is 5.32 Å². The van der Waals surface area contributed by atoms with Gasteiger partial charge in [-0.3, -0.25) is 4.79 Å². The van der Waals surface area contributed by atoms with Crippen LogP contribution in [0.4, 0.5) is 4.79 Å². The van der Waals surface area contributed by atoms with Gasteiger partial charge < -0.3 is 29.5 Å². The highest BCUT2D eigenvalue weighted by Gasteiger charge is 2.33. The van der Waals surface area contributed by atoms with Crippen LogP contribution in [0.3, 0.4) is 0 Å². The van der Waals surface area contributed by atoms with Gasteiger partial charge in [0.25, 0.3) is 5.91 Å². The second kappa shape index (κ2) is 9.12. The molecule has 1 aromatic carbocycles. The van der Waals surface area contributed by atoms with Crippen LogP contribution in [0.2, 0.25) is 0 Å². The predicted molar refractivity (Wildman–Crippen MR) is 111 cm³/mol. The lowest BCUT2D eigenvalue weighted by Crippen LogP contribution is -2.50. The van der Waals surface area contributed by atoms with E-state index >= 15 is 0 Å². The molecule has 3 rings (SSSR count). The van der Waals surface area contributed by atoms with Crippen LogP contribution in [-0.2, 0) is 4.74 Å². The lowest BCUT2D eigenvalue weighted by atomic mass is 9.94. The summed E-state index contributed by atoms with van der Waals surface area (Å²) in [5.41, 5.74) is 0.771. The van der Waals surface area contributed by atoms with Crippen LogP contribution in [0.5, 0.6) is 11.5 Å². The summed E-state index contributed by atoms with van der Waals surface area (Å²) >= 11 is 0. The molecule has 166 valence electrons. The van der Waals surface area contributed by atoms with Crippen molar-refractivity contribution in [2.45, 2.75) is 52.2 Å². The Hall–Kier alpha value is -2.48. The number of β-amino-alcohol motifs (C(OH)–C–C–N with tert-alkyl or cyclic N) is 1. The Kier molecular flexibility index (Phi) is 6.75. The summed E-state index contributed by atoms with van der Waals surface area (Å²) in [6, 6.07) is 3.65. The van der Waals surface area contributed by atoms with Crippen LogP contribution >= 0.6 is 0 Å². The number of nitrogens with zero attached hydrogens (tertiary/aromatic N) is 1. The number of hydrogen-bond acceptors (Lipinski definition) is 6. The van der Waals surface area contributed by atoms with Crippen molar-refractivity contribution < 1.29 is 28.9 Å². The van der Waals surface area contributed by atoms with E-state index in [1.54, 1.807) is 6.07 Å². The highest BCUT2D eigenvalue weighted by Crippen LogP contribution is 2.34. The maximum absolute atomic E-state index is 12.8. The molecular formula is C22H32N2O6. The van der Waals surface area contributed by atoms with Crippen LogP contribution in [0.15, 0.2) is 12.1 Å². The normalized spacial score (nSPS) is 21.6. The van der Waals surface area contributed by atoms with Gasteiger partial charge in [0.05, 0.1) is 31.4 Å². The highest BCUT2D eigenvalue weighted by molar-refractivity contribution is 5.98. The molecule has 0 radical (unpaired) electrons. The number of amides is 2. The standard InChI is InChI=1S/C22H32N2O6/c1-14-10-16(19-18(11-14)28-8-5-9-29-19)20(26)23-12-15-6-7-24(13-17(15)25)21(27)30-22(2,3)4/h10-11,15,17,25H,5-9,12-13H2,1-4H3,(H,23,26). The van der Waals surface area contributed by atoms with Crippen molar-refractivity contribution in [1.82, 2.24) is 10.2 Å². The summed E-state index contributed by atoms with van der Waals surface area (Å²) < 4.78 is 16.8. The lowest BCUT2D eigenvalue weighted by molar-refractivity contribution is -0.0122. The van der Waals surface area contributed by atoms with Crippen LogP contribution in [0.1, 0.15) is 49.5 Å². The number of piperidine rings is 1. The molecule has 0 saturated carbocycles. The number of hydrogen-bond donors (Lipinski definition) is 2. The number of carbonyl (C=O) groups excluding carboxylic acids is 2. The molecule has 0 aliphatic carbocycles. The number of carbonyl (C=O) groups is 2. The number of nitrogens with one attached hydrogen (secondary N) is 1. The van der Waals surface area contributed by atoms with E-state index in [0.717, 1.165) is 12.0 Å². The quantitative estimate of drug-likeness (QED) is 0.780. The summed E-state index contributed by atoms with van der Waals surface area (Å²) in [7, 11) is 0. The van der Waals surface area contributed by atoms with Crippen molar-refractivity contribution in [3.63, 3.8) is 0 Å². The van der Waals surface area contributed by atoms with Crippen LogP contribution in [0, 0.1) is 12.8 Å². The van der Waals surface area contributed by atoms with E-state index in [0.29, 0.717) is 49.8 Å². The lowest BCUT2D eigenvalue weighted by Gasteiger charge is -2.36. The first-order valence-corrected chi connectivity index (χ1v) is 10.5. The Labute approximate surface area is 177 Å². The van der Waals surface area contributed by atoms with Gasteiger partial charge in [-0.05, 0) is 51.8 Å². The average molecular weight is 421 g/mol. The minimum Gasteiger partial charge on any atom is -0.490 e. The van der Waals surface area contributed by atoms with E-state index < -0.39 is 17.8 Å². The molecule has 8 nitrogen and oxygen atoms in total. The van der Waals surface area contributed by atoms with E-state index in [9.17, 15) is 14.7 Å². The van der Waals surface area contributed by atoms with E-state index in [1.165, 1.54) is 4.90 Å². The third-order valence-electron chi connectivity index (χ3n) is 5.13. The molecular weight excluding hydrogens is 388 g/mol. The maximum Gasteiger partial charge on any atom is 0.410 e. The summed E-state index contributed by atoms with van der Waals surface area (Å²) in [4.78, 5) is 26.6. The topological polar surface area (TPSA) is 97.3 Å². The fraction of sp³-hybridized carbons (Fsp3) is 0.636. The molecule has 2 aliphatic rings. The molecule has 2 atom stereocenters. The van der Waals surface area contributed by atoms with E-state index in [1.807, 2.05) is 33.8 Å². The number of benzene rings is 1. The van der Waals surface area contributed by atoms with Gasteiger partial charge in [-0.2, -0.15) is 0 Å². The largest absolute Gasteiger partial charge is 0.490 e. The number of ether oxygens (including phenoxy) is 3. The van der Waals surface area contributed by atoms with E-state index in [-0.39, 0.29) is 18.4 Å². The zero-order valence-corrected chi connectivity index (χ0v) is 18.2. The van der Waals surface area contributed by atoms with Crippen molar-refractivity contribution in [3.05, 3.63) is 23.3 Å². The first kappa shape index (κ1) is 22.2. The fourth-order valence-corrected chi connectivity index (χ4v) is 3.61. The number of aliphatic hydroxyl groups is 1. The molecule has 8 heteroatoms. The van der Waals surface area contributed by atoms with E-state index in [4.69, 9.17) is 14.2 Å². The van der Waals surface area contributed by atoms with Crippen molar-refractivity contribution in [2.75, 3.05) is 32.8 Å². The number of aryl methyl sites for hydroxylation is 1. The SMILES string of the molecule is Cc1cc2c(c(C(=O)NCC3CCN(C(=O)OC(C)(C)C)CC3O)c1)OCCCO2. The minimum absolute atomic E-state index is 0.145. The Morgan fingerprint density at radius 1 is 1.27 bits per heavy atom. The molecule has 2 amide bonds. The molecule has 2 N–H and O–H groups in total. The van der Waals surface area contributed by atoms with Gasteiger partial charge in [0.2, 0.25) is 0 Å². The summed E-state index contributed by atoms with van der Waals surface area (Å²) in [5.74, 6) is 0.648. The predicted octanol–water partition coefficient (Wildman–Crippen LogP) is 2.50. The van der Waals surface area contributed by atoms with Gasteiger partial charge in [-0.15, -0.1) is 0 Å². The second-order valence-electron chi connectivity index (χ2n) is 8.94. The van der Waals surface area contributed by atoms with Gasteiger partial charge in [-0.1, -0.05) is 0 Å². The molecule has 30 heavy (non-hydrogen) atoms. The molecule has 0 spiro atoms. The van der Waals surface area contributed by atoms with Gasteiger partial charge >= 0.3 is 6.09 Å². The fourth-order valence-electron chi connectivity index (χ4n) is 3.61.